The van der Waals surface area contributed by atoms with Gasteiger partial charge in [0.2, 0.25) is 5.88 Å². The second-order valence-electron chi connectivity index (χ2n) is 4.81. The van der Waals surface area contributed by atoms with Crippen LogP contribution in [0.5, 0.6) is 5.88 Å². The summed E-state index contributed by atoms with van der Waals surface area (Å²) in [5.74, 6) is 1.13. The molecule has 0 spiro atoms. The fourth-order valence-electron chi connectivity index (χ4n) is 2.21. The van der Waals surface area contributed by atoms with E-state index in [0.717, 1.165) is 25.1 Å². The number of nitrogens with zero attached hydrogens (tertiary/aromatic N) is 4. The fourth-order valence-corrected chi connectivity index (χ4v) is 2.21. The molecule has 0 saturated carbocycles. The van der Waals surface area contributed by atoms with Crippen LogP contribution >= 0.6 is 0 Å². The van der Waals surface area contributed by atoms with Crippen LogP contribution in [0.25, 0.3) is 11.4 Å². The minimum atomic E-state index is -0.420. The van der Waals surface area contributed by atoms with Gasteiger partial charge >= 0.3 is 0 Å². The molecule has 1 saturated heterocycles. The molecule has 2 unspecified atom stereocenters. The molecule has 0 amide bonds. The van der Waals surface area contributed by atoms with Crippen LogP contribution in [0.1, 0.15) is 31.6 Å². The average molecular weight is 289 g/mol. The van der Waals surface area contributed by atoms with Gasteiger partial charge in [-0.3, -0.25) is 0 Å². The van der Waals surface area contributed by atoms with Gasteiger partial charge in [0.25, 0.3) is 0 Å². The normalized spacial score (nSPS) is 19.6. The van der Waals surface area contributed by atoms with Crippen LogP contribution in [0.3, 0.4) is 0 Å². The molecule has 7 nitrogen and oxygen atoms in total. The van der Waals surface area contributed by atoms with Crippen molar-refractivity contribution in [3.05, 3.63) is 24.2 Å². The van der Waals surface area contributed by atoms with Crippen LogP contribution in [0.4, 0.5) is 0 Å². The predicted molar refractivity (Wildman–Crippen MR) is 73.6 cm³/mol. The van der Waals surface area contributed by atoms with E-state index in [-0.39, 0.29) is 6.04 Å². The molecule has 1 radical (unpaired) electrons. The maximum Gasteiger partial charge on any atom is 0.244 e. The van der Waals surface area contributed by atoms with Crippen molar-refractivity contribution in [3.63, 3.8) is 0 Å². The third-order valence-electron chi connectivity index (χ3n) is 3.36. The molecule has 1 fully saturated rings. The minimum Gasteiger partial charge on any atom is -0.446 e. The highest BCUT2D eigenvalue weighted by molar-refractivity contribution is 5.59. The van der Waals surface area contributed by atoms with Gasteiger partial charge < -0.3 is 14.0 Å². The maximum atomic E-state index is 5.58. The van der Waals surface area contributed by atoms with Crippen molar-refractivity contribution in [2.24, 2.45) is 0 Å². The van der Waals surface area contributed by atoms with Crippen molar-refractivity contribution >= 4 is 0 Å². The number of hydrogen-bond donors (Lipinski definition) is 0. The first-order valence-corrected chi connectivity index (χ1v) is 6.92. The molecular weight excluding hydrogens is 272 g/mol. The molecule has 1 aliphatic heterocycles. The lowest BCUT2D eigenvalue weighted by molar-refractivity contribution is -0.0408. The van der Waals surface area contributed by atoms with Gasteiger partial charge in [-0.05, 0) is 19.8 Å². The Hall–Kier alpha value is -1.99. The van der Waals surface area contributed by atoms with E-state index in [1.54, 1.807) is 26.4 Å². The summed E-state index contributed by atoms with van der Waals surface area (Å²) >= 11 is 0. The molecule has 111 valence electrons. The van der Waals surface area contributed by atoms with Gasteiger partial charge in [0.05, 0.1) is 6.04 Å². The van der Waals surface area contributed by atoms with Crippen LogP contribution in [0.2, 0.25) is 0 Å². The van der Waals surface area contributed by atoms with Crippen LogP contribution < -0.4 is 10.1 Å². The molecule has 0 aromatic carbocycles. The van der Waals surface area contributed by atoms with Crippen molar-refractivity contribution in [2.75, 3.05) is 13.7 Å². The summed E-state index contributed by atoms with van der Waals surface area (Å²) in [7, 11) is 1.57. The Morgan fingerprint density at radius 2 is 2.19 bits per heavy atom. The monoisotopic (exact) mass is 289 g/mol. The number of ether oxygens (including phenoxy) is 2. The summed E-state index contributed by atoms with van der Waals surface area (Å²) < 4.78 is 16.1. The second-order valence-corrected chi connectivity index (χ2v) is 4.81. The average Bonchev–Trinajstić information content (AvgIpc) is 3.18. The van der Waals surface area contributed by atoms with E-state index in [1.807, 2.05) is 6.07 Å². The number of rotatable bonds is 5. The van der Waals surface area contributed by atoms with Crippen LogP contribution in [0.15, 0.2) is 23.0 Å². The zero-order valence-electron chi connectivity index (χ0n) is 12.0. The van der Waals surface area contributed by atoms with E-state index in [1.165, 1.54) is 0 Å². The Labute approximate surface area is 122 Å². The molecule has 21 heavy (non-hydrogen) atoms. The quantitative estimate of drug-likeness (QED) is 0.782. The third-order valence-corrected chi connectivity index (χ3v) is 3.36. The molecule has 3 rings (SSSR count). The van der Waals surface area contributed by atoms with Crippen molar-refractivity contribution in [2.45, 2.75) is 32.1 Å². The molecule has 1 aliphatic rings. The maximum absolute atomic E-state index is 5.58. The lowest BCUT2D eigenvalue weighted by Crippen LogP contribution is -2.15. The summed E-state index contributed by atoms with van der Waals surface area (Å²) in [5, 5.41) is 8.54. The molecule has 7 heteroatoms. The van der Waals surface area contributed by atoms with E-state index >= 15 is 0 Å². The number of aromatic nitrogens is 3. The van der Waals surface area contributed by atoms with Crippen molar-refractivity contribution in [1.82, 2.24) is 20.4 Å². The summed E-state index contributed by atoms with van der Waals surface area (Å²) in [6.07, 6.45) is 4.82. The van der Waals surface area contributed by atoms with Gasteiger partial charge in [-0.2, -0.15) is 0 Å². The smallest absolute Gasteiger partial charge is 0.244 e. The van der Waals surface area contributed by atoms with Crippen LogP contribution in [0, 0.1) is 0 Å². The standard InChI is InChI=1S/C14H17N4O3/c1-9(19-2)20-14-13(16-6-7-17-14)11-8-12(21-18-11)10-4-3-5-15-10/h6-10H,3-5H2,1-2H3. The first-order chi connectivity index (χ1) is 10.3. The Morgan fingerprint density at radius 1 is 1.33 bits per heavy atom. The molecule has 2 atom stereocenters. The molecule has 0 N–H and O–H groups in total. The molecule has 0 aliphatic carbocycles. The highest BCUT2D eigenvalue weighted by atomic mass is 16.7. The van der Waals surface area contributed by atoms with E-state index in [9.17, 15) is 0 Å². The van der Waals surface area contributed by atoms with E-state index in [2.05, 4.69) is 20.4 Å². The van der Waals surface area contributed by atoms with Crippen LogP contribution in [-0.2, 0) is 4.74 Å². The zero-order chi connectivity index (χ0) is 14.7. The van der Waals surface area contributed by atoms with Crippen molar-refractivity contribution < 1.29 is 14.0 Å². The van der Waals surface area contributed by atoms with Gasteiger partial charge in [0, 0.05) is 32.1 Å². The SMILES string of the molecule is COC(C)Oc1nccnc1-c1cc(C2CCC[N]2)on1. The van der Waals surface area contributed by atoms with Gasteiger partial charge in [-0.15, -0.1) is 0 Å². The van der Waals surface area contributed by atoms with E-state index in [4.69, 9.17) is 14.0 Å². The number of methoxy groups -OCH3 is 1. The predicted octanol–water partition coefficient (Wildman–Crippen LogP) is 1.94. The van der Waals surface area contributed by atoms with Gasteiger partial charge in [-0.1, -0.05) is 5.16 Å². The summed E-state index contributed by atoms with van der Waals surface area (Å²) in [5.41, 5.74) is 1.13. The fraction of sp³-hybridized carbons (Fsp3) is 0.500. The van der Waals surface area contributed by atoms with E-state index < -0.39 is 6.29 Å². The van der Waals surface area contributed by atoms with Gasteiger partial charge in [0.1, 0.15) is 5.69 Å². The highest BCUT2D eigenvalue weighted by Gasteiger charge is 2.24. The summed E-state index contributed by atoms with van der Waals surface area (Å²) in [6, 6.07) is 1.96. The van der Waals surface area contributed by atoms with Crippen LogP contribution in [-0.4, -0.2) is 35.1 Å². The Bertz CT molecular complexity index is 595. The molecule has 3 heterocycles. The molecule has 0 bridgehead atoms. The Balaban J connectivity index is 1.86. The zero-order valence-corrected chi connectivity index (χ0v) is 12.0. The largest absolute Gasteiger partial charge is 0.446 e. The first-order valence-electron chi connectivity index (χ1n) is 6.92. The first kappa shape index (κ1) is 14.0. The highest BCUT2D eigenvalue weighted by Crippen LogP contribution is 2.30. The Morgan fingerprint density at radius 3 is 2.95 bits per heavy atom. The summed E-state index contributed by atoms with van der Waals surface area (Å²) in [6.45, 7) is 2.66. The Kier molecular flexibility index (Phi) is 4.12. The lowest BCUT2D eigenvalue weighted by atomic mass is 10.1. The van der Waals surface area contributed by atoms with Crippen molar-refractivity contribution in [1.29, 1.82) is 0 Å². The van der Waals surface area contributed by atoms with Crippen molar-refractivity contribution in [3.8, 4) is 17.3 Å². The topological polar surface area (TPSA) is 84.4 Å². The van der Waals surface area contributed by atoms with Gasteiger partial charge in [-0.25, -0.2) is 15.3 Å². The minimum absolute atomic E-state index is 0.102. The molecule has 2 aromatic rings. The number of hydrogen-bond acceptors (Lipinski definition) is 6. The molecular formula is C14H17N4O3. The lowest BCUT2D eigenvalue weighted by Gasteiger charge is -2.12. The second kappa shape index (κ2) is 6.19. The third kappa shape index (κ3) is 3.03. The van der Waals surface area contributed by atoms with Gasteiger partial charge in [0.15, 0.2) is 17.7 Å². The molecule has 2 aromatic heterocycles. The van der Waals surface area contributed by atoms with E-state index in [0.29, 0.717) is 17.3 Å². The summed E-state index contributed by atoms with van der Waals surface area (Å²) in [4.78, 5) is 8.46.